The fraction of sp³-hybridized carbons (Fsp3) is 0.680. The fourth-order valence-electron chi connectivity index (χ4n) is 3.94. The molecule has 2 rings (SSSR count). The van der Waals surface area contributed by atoms with Gasteiger partial charge in [0.25, 0.3) is 5.91 Å². The lowest BCUT2D eigenvalue weighted by Gasteiger charge is -2.40. The van der Waals surface area contributed by atoms with Gasteiger partial charge in [0.1, 0.15) is 0 Å². The maximum Gasteiger partial charge on any atom is 0.251 e. The van der Waals surface area contributed by atoms with Crippen LogP contribution in [0.5, 0.6) is 0 Å². The second kappa shape index (κ2) is 15.8. The van der Waals surface area contributed by atoms with E-state index in [1.54, 1.807) is 11.4 Å². The average Bonchev–Trinajstić information content (AvgIpc) is 2.89. The van der Waals surface area contributed by atoms with Crippen molar-refractivity contribution < 1.29 is 22.7 Å². The van der Waals surface area contributed by atoms with Crippen LogP contribution in [0.3, 0.4) is 0 Å². The third kappa shape index (κ3) is 9.02. The Balaban J connectivity index is 0.00000205. The van der Waals surface area contributed by atoms with Crippen molar-refractivity contribution in [1.29, 1.82) is 0 Å². The number of piperazine rings is 1. The highest BCUT2D eigenvalue weighted by Gasteiger charge is 2.42. The summed E-state index contributed by atoms with van der Waals surface area (Å²) in [6.45, 7) is 10.9. The molecule has 1 aromatic rings. The van der Waals surface area contributed by atoms with Crippen molar-refractivity contribution in [3.05, 3.63) is 29.8 Å². The summed E-state index contributed by atoms with van der Waals surface area (Å²) in [4.78, 5) is 25.0. The first kappa shape index (κ1) is 31.8. The smallest absolute Gasteiger partial charge is 0.251 e. The lowest BCUT2D eigenvalue weighted by Crippen LogP contribution is -2.55. The number of methoxy groups -OCH3 is 1. The minimum atomic E-state index is -3.43. The second-order valence-electron chi connectivity index (χ2n) is 9.18. The Labute approximate surface area is 217 Å². The van der Waals surface area contributed by atoms with E-state index >= 15 is 0 Å². The molecule has 0 aromatic heterocycles. The van der Waals surface area contributed by atoms with Crippen LogP contribution in [-0.2, 0) is 19.6 Å². The largest absolute Gasteiger partial charge is 0.383 e. The number of rotatable bonds is 13. The Morgan fingerprint density at radius 3 is 2.25 bits per heavy atom. The Morgan fingerprint density at radius 2 is 1.75 bits per heavy atom. The minimum absolute atomic E-state index is 0.0639. The van der Waals surface area contributed by atoms with Crippen molar-refractivity contribution in [2.24, 2.45) is 5.73 Å². The third-order valence-electron chi connectivity index (χ3n) is 6.68. The number of sulfonamides is 1. The van der Waals surface area contributed by atoms with Crippen LogP contribution < -0.4 is 16.0 Å². The molecule has 206 valence electrons. The molecule has 0 bridgehead atoms. The molecule has 0 saturated carbocycles. The lowest BCUT2D eigenvalue weighted by molar-refractivity contribution is -0.106. The van der Waals surface area contributed by atoms with Gasteiger partial charge in [-0.3, -0.25) is 9.59 Å². The van der Waals surface area contributed by atoms with Gasteiger partial charge in [-0.1, -0.05) is 13.8 Å². The van der Waals surface area contributed by atoms with Gasteiger partial charge in [-0.2, -0.15) is 4.31 Å². The standard InChI is InChI=1S/C24H42N4O4S.CH3NO/c1-6-13-25-23(29)21-8-10-22(11-9-21)27-15-17-28(18-16-27)33(30,31)24(3,7-2)12-14-26(4)19-20-32-5;2-1-3/h8-11H,6-7,12-20H2,1-5H3,(H,25,29);1H,(H2,2,3). The molecule has 11 heteroatoms. The van der Waals surface area contributed by atoms with Gasteiger partial charge in [-0.25, -0.2) is 8.42 Å². The first-order chi connectivity index (χ1) is 17.1. The van der Waals surface area contributed by atoms with Gasteiger partial charge in [-0.15, -0.1) is 0 Å². The van der Waals surface area contributed by atoms with E-state index < -0.39 is 14.8 Å². The Kier molecular flexibility index (Phi) is 14.0. The van der Waals surface area contributed by atoms with E-state index in [0.29, 0.717) is 64.3 Å². The summed E-state index contributed by atoms with van der Waals surface area (Å²) >= 11 is 0. The quantitative estimate of drug-likeness (QED) is 0.373. The SMILES string of the molecule is CCCNC(=O)c1ccc(N2CCN(S(=O)(=O)C(C)(CC)CCN(C)CCOC)CC2)cc1.NC=O. The van der Waals surface area contributed by atoms with Crippen LogP contribution in [0.4, 0.5) is 5.69 Å². The number of amides is 2. The Bertz CT molecular complexity index is 889. The molecule has 36 heavy (non-hydrogen) atoms. The highest BCUT2D eigenvalue weighted by atomic mass is 32.2. The van der Waals surface area contributed by atoms with Crippen molar-refractivity contribution in [3.63, 3.8) is 0 Å². The number of nitrogens with zero attached hydrogens (tertiary/aromatic N) is 3. The average molecular weight is 528 g/mol. The Hall–Kier alpha value is -2.21. The van der Waals surface area contributed by atoms with Crippen molar-refractivity contribution in [2.75, 3.05) is 71.5 Å². The van der Waals surface area contributed by atoms with E-state index in [1.165, 1.54) is 0 Å². The van der Waals surface area contributed by atoms with Gasteiger partial charge in [0.2, 0.25) is 16.4 Å². The number of carbonyl (C=O) groups is 2. The number of likely N-dealkylation sites (N-methyl/N-ethyl adjacent to an activating group) is 1. The van der Waals surface area contributed by atoms with Gasteiger partial charge in [0, 0.05) is 57.6 Å². The van der Waals surface area contributed by atoms with Crippen LogP contribution in [0, 0.1) is 0 Å². The molecular formula is C25H45N5O5S. The number of hydrogen-bond donors (Lipinski definition) is 2. The first-order valence-electron chi connectivity index (χ1n) is 12.6. The fourth-order valence-corrected chi connectivity index (χ4v) is 5.92. The molecule has 1 unspecified atom stereocenters. The molecular weight excluding hydrogens is 482 g/mol. The van der Waals surface area contributed by atoms with Crippen LogP contribution in [0.2, 0.25) is 0 Å². The molecule has 0 aliphatic carbocycles. The summed E-state index contributed by atoms with van der Waals surface area (Å²) in [5.74, 6) is -0.0639. The number of nitrogens with two attached hydrogens (primary N) is 1. The zero-order chi connectivity index (χ0) is 27.2. The molecule has 1 atom stereocenters. The monoisotopic (exact) mass is 527 g/mol. The van der Waals surface area contributed by atoms with Gasteiger partial charge in [0.05, 0.1) is 11.4 Å². The summed E-state index contributed by atoms with van der Waals surface area (Å²) in [6, 6.07) is 7.55. The topological polar surface area (TPSA) is 125 Å². The van der Waals surface area contributed by atoms with Crippen LogP contribution in [0.15, 0.2) is 24.3 Å². The molecule has 0 spiro atoms. The van der Waals surface area contributed by atoms with Crippen molar-refractivity contribution in [3.8, 4) is 0 Å². The Morgan fingerprint density at radius 1 is 1.17 bits per heavy atom. The zero-order valence-electron chi connectivity index (χ0n) is 22.5. The number of benzene rings is 1. The van der Waals surface area contributed by atoms with E-state index in [-0.39, 0.29) is 12.3 Å². The molecule has 1 aliphatic rings. The number of hydrogen-bond acceptors (Lipinski definition) is 7. The minimum Gasteiger partial charge on any atom is -0.383 e. The van der Waals surface area contributed by atoms with Gasteiger partial charge in [-0.05, 0) is 64.0 Å². The van der Waals surface area contributed by atoms with Crippen molar-refractivity contribution in [2.45, 2.75) is 44.8 Å². The normalized spacial score (nSPS) is 16.1. The lowest BCUT2D eigenvalue weighted by atomic mass is 10.0. The number of anilines is 1. The third-order valence-corrected chi connectivity index (χ3v) is 9.46. The van der Waals surface area contributed by atoms with Crippen molar-refractivity contribution in [1.82, 2.24) is 14.5 Å². The summed E-state index contributed by atoms with van der Waals surface area (Å²) in [5.41, 5.74) is 5.82. The summed E-state index contributed by atoms with van der Waals surface area (Å²) in [6.07, 6.45) is 2.32. The molecule has 2 amide bonds. The summed E-state index contributed by atoms with van der Waals surface area (Å²) in [7, 11) is 0.246. The molecule has 1 aliphatic heterocycles. The highest BCUT2D eigenvalue weighted by molar-refractivity contribution is 7.90. The highest BCUT2D eigenvalue weighted by Crippen LogP contribution is 2.30. The van der Waals surface area contributed by atoms with Crippen LogP contribution >= 0.6 is 0 Å². The maximum atomic E-state index is 13.5. The predicted molar refractivity (Wildman–Crippen MR) is 145 cm³/mol. The number of ether oxygens (including phenoxy) is 1. The van der Waals surface area contributed by atoms with Gasteiger partial charge < -0.3 is 25.6 Å². The van der Waals surface area contributed by atoms with E-state index in [1.807, 2.05) is 52.1 Å². The van der Waals surface area contributed by atoms with Gasteiger partial charge in [0.15, 0.2) is 0 Å². The van der Waals surface area contributed by atoms with E-state index in [2.05, 4.69) is 20.9 Å². The van der Waals surface area contributed by atoms with E-state index in [0.717, 1.165) is 18.7 Å². The van der Waals surface area contributed by atoms with Crippen LogP contribution in [0.1, 0.15) is 50.4 Å². The molecule has 3 N–H and O–H groups in total. The van der Waals surface area contributed by atoms with Crippen LogP contribution in [0.25, 0.3) is 0 Å². The number of primary amides is 1. The summed E-state index contributed by atoms with van der Waals surface area (Å²) in [5, 5.41) is 2.88. The molecule has 1 heterocycles. The molecule has 1 fully saturated rings. The molecule has 0 radical (unpaired) electrons. The number of carbonyl (C=O) groups excluding carboxylic acids is 2. The second-order valence-corrected chi connectivity index (χ2v) is 11.6. The van der Waals surface area contributed by atoms with E-state index in [4.69, 9.17) is 9.53 Å². The first-order valence-corrected chi connectivity index (χ1v) is 14.0. The molecule has 1 aromatic carbocycles. The van der Waals surface area contributed by atoms with Gasteiger partial charge >= 0.3 is 0 Å². The summed E-state index contributed by atoms with van der Waals surface area (Å²) < 4.78 is 33.1. The molecule has 1 saturated heterocycles. The predicted octanol–water partition coefficient (Wildman–Crippen LogP) is 1.52. The number of nitrogens with one attached hydrogen (secondary N) is 1. The van der Waals surface area contributed by atoms with E-state index in [9.17, 15) is 13.2 Å². The van der Waals surface area contributed by atoms with Crippen molar-refractivity contribution >= 4 is 28.0 Å². The molecule has 10 nitrogen and oxygen atoms in total. The maximum absolute atomic E-state index is 13.5. The zero-order valence-corrected chi connectivity index (χ0v) is 23.3. The van der Waals surface area contributed by atoms with Crippen LogP contribution in [-0.4, -0.2) is 101 Å².